The summed E-state index contributed by atoms with van der Waals surface area (Å²) in [5, 5.41) is 3.64. The van der Waals surface area contributed by atoms with Crippen molar-refractivity contribution in [3.05, 3.63) is 30.1 Å². The van der Waals surface area contributed by atoms with E-state index in [1.165, 1.54) is 29.9 Å². The van der Waals surface area contributed by atoms with Gasteiger partial charge in [0.25, 0.3) is 0 Å². The normalized spacial score (nSPS) is 20.4. The Bertz CT molecular complexity index is 529. The standard InChI is InChI=1S/C14H19N3S/c1-17-13-7-3-2-6-12(13)16-14(17)9-15-11-5-4-8-18-10-11/h2-3,6-7,11,15H,4-5,8-10H2,1H3/t11-/m0/s1. The van der Waals surface area contributed by atoms with Crippen molar-refractivity contribution >= 4 is 22.8 Å². The fraction of sp³-hybridized carbons (Fsp3) is 0.500. The first-order valence-electron chi connectivity index (χ1n) is 6.56. The largest absolute Gasteiger partial charge is 0.330 e. The lowest BCUT2D eigenvalue weighted by atomic mass is 10.2. The third-order valence-electron chi connectivity index (χ3n) is 3.59. The minimum atomic E-state index is 0.656. The van der Waals surface area contributed by atoms with Gasteiger partial charge in [0.05, 0.1) is 17.6 Å². The van der Waals surface area contributed by atoms with Crippen molar-refractivity contribution in [3.63, 3.8) is 0 Å². The Labute approximate surface area is 112 Å². The first-order valence-corrected chi connectivity index (χ1v) is 7.71. The van der Waals surface area contributed by atoms with Crippen molar-refractivity contribution in [1.82, 2.24) is 14.9 Å². The second kappa shape index (κ2) is 5.33. The summed E-state index contributed by atoms with van der Waals surface area (Å²) in [6.45, 7) is 0.871. The Morgan fingerprint density at radius 2 is 2.33 bits per heavy atom. The van der Waals surface area contributed by atoms with Gasteiger partial charge in [-0.05, 0) is 30.7 Å². The number of nitrogens with one attached hydrogen (secondary N) is 1. The van der Waals surface area contributed by atoms with E-state index in [0.29, 0.717) is 6.04 Å². The first-order chi connectivity index (χ1) is 8.84. The summed E-state index contributed by atoms with van der Waals surface area (Å²) in [6.07, 6.45) is 2.64. The number of fused-ring (bicyclic) bond motifs is 1. The summed E-state index contributed by atoms with van der Waals surface area (Å²) in [6, 6.07) is 8.98. The van der Waals surface area contributed by atoms with Crippen molar-refractivity contribution in [2.24, 2.45) is 7.05 Å². The number of imidazole rings is 1. The summed E-state index contributed by atoms with van der Waals surface area (Å²) in [5.74, 6) is 3.70. The summed E-state index contributed by atoms with van der Waals surface area (Å²) < 4.78 is 2.19. The highest BCUT2D eigenvalue weighted by molar-refractivity contribution is 7.99. The molecule has 4 heteroatoms. The van der Waals surface area contributed by atoms with Gasteiger partial charge in [0.15, 0.2) is 0 Å². The van der Waals surface area contributed by atoms with Crippen LogP contribution < -0.4 is 5.32 Å². The molecule has 1 aliphatic rings. The van der Waals surface area contributed by atoms with E-state index < -0.39 is 0 Å². The average Bonchev–Trinajstić information content (AvgIpc) is 2.75. The molecule has 96 valence electrons. The molecule has 1 fully saturated rings. The number of thioether (sulfide) groups is 1. The van der Waals surface area contributed by atoms with Crippen LogP contribution in [0.15, 0.2) is 24.3 Å². The smallest absolute Gasteiger partial charge is 0.123 e. The van der Waals surface area contributed by atoms with E-state index in [-0.39, 0.29) is 0 Å². The molecular weight excluding hydrogens is 242 g/mol. The van der Waals surface area contributed by atoms with Crippen LogP contribution in [0.5, 0.6) is 0 Å². The Balaban J connectivity index is 1.72. The molecule has 1 saturated heterocycles. The van der Waals surface area contributed by atoms with Crippen LogP contribution in [0.4, 0.5) is 0 Å². The van der Waals surface area contributed by atoms with Gasteiger partial charge in [0.2, 0.25) is 0 Å². The quantitative estimate of drug-likeness (QED) is 0.921. The van der Waals surface area contributed by atoms with Crippen LogP contribution in [0, 0.1) is 0 Å². The van der Waals surface area contributed by atoms with E-state index in [1.807, 2.05) is 6.07 Å². The summed E-state index contributed by atoms with van der Waals surface area (Å²) >= 11 is 2.06. The second-order valence-electron chi connectivity index (χ2n) is 4.87. The molecule has 0 bridgehead atoms. The molecule has 1 N–H and O–H groups in total. The fourth-order valence-corrected chi connectivity index (χ4v) is 3.60. The maximum absolute atomic E-state index is 4.69. The van der Waals surface area contributed by atoms with Gasteiger partial charge < -0.3 is 9.88 Å². The van der Waals surface area contributed by atoms with Gasteiger partial charge in [-0.15, -0.1) is 0 Å². The van der Waals surface area contributed by atoms with Gasteiger partial charge >= 0.3 is 0 Å². The van der Waals surface area contributed by atoms with Crippen molar-refractivity contribution in [1.29, 1.82) is 0 Å². The zero-order chi connectivity index (χ0) is 12.4. The van der Waals surface area contributed by atoms with Crippen molar-refractivity contribution in [2.45, 2.75) is 25.4 Å². The third-order valence-corrected chi connectivity index (χ3v) is 4.80. The molecule has 3 nitrogen and oxygen atoms in total. The van der Waals surface area contributed by atoms with Gasteiger partial charge in [-0.3, -0.25) is 0 Å². The highest BCUT2D eigenvalue weighted by atomic mass is 32.2. The molecule has 2 heterocycles. The number of para-hydroxylation sites is 2. The van der Waals surface area contributed by atoms with Gasteiger partial charge in [-0.2, -0.15) is 11.8 Å². The Hall–Kier alpha value is -1.00. The molecule has 0 radical (unpaired) electrons. The lowest BCUT2D eigenvalue weighted by Crippen LogP contribution is -2.33. The van der Waals surface area contributed by atoms with Gasteiger partial charge in [-0.25, -0.2) is 4.98 Å². The highest BCUT2D eigenvalue weighted by Crippen LogP contribution is 2.18. The predicted molar refractivity (Wildman–Crippen MR) is 77.9 cm³/mol. The molecule has 0 aliphatic carbocycles. The van der Waals surface area contributed by atoms with Crippen LogP contribution in [-0.2, 0) is 13.6 Å². The van der Waals surface area contributed by atoms with E-state index in [4.69, 9.17) is 4.98 Å². The molecule has 18 heavy (non-hydrogen) atoms. The minimum Gasteiger partial charge on any atom is -0.330 e. The topological polar surface area (TPSA) is 29.9 Å². The molecule has 1 atom stereocenters. The zero-order valence-electron chi connectivity index (χ0n) is 10.7. The second-order valence-corrected chi connectivity index (χ2v) is 6.02. The van der Waals surface area contributed by atoms with Gasteiger partial charge in [0, 0.05) is 18.8 Å². The first kappa shape index (κ1) is 12.1. The number of benzene rings is 1. The van der Waals surface area contributed by atoms with E-state index in [2.05, 4.69) is 46.9 Å². The number of hydrogen-bond acceptors (Lipinski definition) is 3. The highest BCUT2D eigenvalue weighted by Gasteiger charge is 2.14. The average molecular weight is 261 g/mol. The predicted octanol–water partition coefficient (Wildman–Crippen LogP) is 2.56. The lowest BCUT2D eigenvalue weighted by molar-refractivity contribution is 0.494. The summed E-state index contributed by atoms with van der Waals surface area (Å²) in [5.41, 5.74) is 2.31. The Morgan fingerprint density at radius 1 is 1.44 bits per heavy atom. The molecule has 1 aliphatic heterocycles. The minimum absolute atomic E-state index is 0.656. The molecule has 0 unspecified atom stereocenters. The summed E-state index contributed by atoms with van der Waals surface area (Å²) in [4.78, 5) is 4.69. The number of nitrogens with zero attached hydrogens (tertiary/aromatic N) is 2. The van der Waals surface area contributed by atoms with E-state index in [0.717, 1.165) is 17.9 Å². The molecule has 0 saturated carbocycles. The van der Waals surface area contributed by atoms with Crippen molar-refractivity contribution in [2.75, 3.05) is 11.5 Å². The zero-order valence-corrected chi connectivity index (χ0v) is 11.5. The number of rotatable bonds is 3. The van der Waals surface area contributed by atoms with Crippen LogP contribution in [-0.4, -0.2) is 27.1 Å². The van der Waals surface area contributed by atoms with E-state index in [1.54, 1.807) is 0 Å². The molecule has 3 rings (SSSR count). The monoisotopic (exact) mass is 261 g/mol. The maximum Gasteiger partial charge on any atom is 0.123 e. The molecule has 0 spiro atoms. The molecule has 1 aromatic carbocycles. The van der Waals surface area contributed by atoms with Crippen LogP contribution >= 0.6 is 11.8 Å². The fourth-order valence-electron chi connectivity index (χ4n) is 2.49. The summed E-state index contributed by atoms with van der Waals surface area (Å²) in [7, 11) is 2.10. The number of hydrogen-bond donors (Lipinski definition) is 1. The van der Waals surface area contributed by atoms with E-state index in [9.17, 15) is 0 Å². The van der Waals surface area contributed by atoms with Crippen molar-refractivity contribution in [3.8, 4) is 0 Å². The molecule has 1 aromatic heterocycles. The lowest BCUT2D eigenvalue weighted by Gasteiger charge is -2.22. The molecule has 0 amide bonds. The van der Waals surface area contributed by atoms with Gasteiger partial charge in [0.1, 0.15) is 5.82 Å². The molecule has 2 aromatic rings. The van der Waals surface area contributed by atoms with Crippen LogP contribution in [0.25, 0.3) is 11.0 Å². The SMILES string of the molecule is Cn1c(CN[C@H]2CCCSC2)nc2ccccc21. The van der Waals surface area contributed by atoms with E-state index >= 15 is 0 Å². The Morgan fingerprint density at radius 3 is 3.11 bits per heavy atom. The van der Waals surface area contributed by atoms with Crippen molar-refractivity contribution < 1.29 is 0 Å². The number of aromatic nitrogens is 2. The van der Waals surface area contributed by atoms with Crippen LogP contribution in [0.1, 0.15) is 18.7 Å². The Kier molecular flexibility index (Phi) is 3.57. The number of aryl methyl sites for hydroxylation is 1. The molecular formula is C14H19N3S. The van der Waals surface area contributed by atoms with Gasteiger partial charge in [-0.1, -0.05) is 12.1 Å². The maximum atomic E-state index is 4.69. The third kappa shape index (κ3) is 2.40. The van der Waals surface area contributed by atoms with Crippen LogP contribution in [0.3, 0.4) is 0 Å². The van der Waals surface area contributed by atoms with Crippen LogP contribution in [0.2, 0.25) is 0 Å².